The van der Waals surface area contributed by atoms with Gasteiger partial charge < -0.3 is 15.0 Å². The average molecular weight is 330 g/mol. The molecule has 0 unspecified atom stereocenters. The number of hydrogen-bond donors (Lipinski definition) is 1. The predicted octanol–water partition coefficient (Wildman–Crippen LogP) is 3.00. The highest BCUT2D eigenvalue weighted by Crippen LogP contribution is 2.22. The first-order chi connectivity index (χ1) is 11.3. The van der Waals surface area contributed by atoms with Crippen LogP contribution in [0.4, 0.5) is 10.6 Å². The maximum Gasteiger partial charge on any atom is 0.407 e. The Morgan fingerprint density at radius 3 is 2.67 bits per heavy atom. The van der Waals surface area contributed by atoms with Crippen molar-refractivity contribution in [3.63, 3.8) is 0 Å². The molecule has 0 atom stereocenters. The van der Waals surface area contributed by atoms with Crippen LogP contribution < -0.4 is 10.2 Å². The van der Waals surface area contributed by atoms with E-state index in [2.05, 4.69) is 21.3 Å². The molecule has 1 aromatic rings. The second-order valence-electron chi connectivity index (χ2n) is 7.26. The molecule has 2 rings (SSSR count). The molecule has 6 heteroatoms. The minimum absolute atomic E-state index is 0.358. The number of ether oxygens (including phenoxy) is 1. The summed E-state index contributed by atoms with van der Waals surface area (Å²) < 4.78 is 5.25. The number of amides is 1. The molecule has 0 aromatic carbocycles. The number of hydrogen-bond acceptors (Lipinski definition) is 5. The molecule has 0 spiro atoms. The standard InChI is InChI=1S/C18H26N4O2/c1-13-5-6-16(21-15(13)11-19)22-9-7-14(8-10-22)12-20-17(23)24-18(2,3)4/h5-6,14H,7-10,12H2,1-4H3,(H,20,23). The lowest BCUT2D eigenvalue weighted by Gasteiger charge is -2.33. The van der Waals surface area contributed by atoms with Crippen molar-refractivity contribution in [3.05, 3.63) is 23.4 Å². The fourth-order valence-electron chi connectivity index (χ4n) is 2.72. The first-order valence-electron chi connectivity index (χ1n) is 8.38. The minimum Gasteiger partial charge on any atom is -0.444 e. The van der Waals surface area contributed by atoms with Gasteiger partial charge in [-0.1, -0.05) is 6.07 Å². The summed E-state index contributed by atoms with van der Waals surface area (Å²) >= 11 is 0. The number of nitriles is 1. The molecule has 1 fully saturated rings. The monoisotopic (exact) mass is 330 g/mol. The van der Waals surface area contributed by atoms with Crippen molar-refractivity contribution in [2.45, 2.75) is 46.1 Å². The third-order valence-electron chi connectivity index (χ3n) is 4.06. The highest BCUT2D eigenvalue weighted by atomic mass is 16.6. The fourth-order valence-corrected chi connectivity index (χ4v) is 2.72. The molecule has 1 aliphatic rings. The van der Waals surface area contributed by atoms with Gasteiger partial charge >= 0.3 is 6.09 Å². The largest absolute Gasteiger partial charge is 0.444 e. The number of carbonyl (C=O) groups is 1. The summed E-state index contributed by atoms with van der Waals surface area (Å²) in [5.41, 5.74) is 0.919. The number of carbonyl (C=O) groups excluding carboxylic acids is 1. The van der Waals surface area contributed by atoms with Crippen LogP contribution in [0.25, 0.3) is 0 Å². The molecule has 0 aliphatic carbocycles. The lowest BCUT2D eigenvalue weighted by Crippen LogP contribution is -2.40. The first-order valence-corrected chi connectivity index (χ1v) is 8.38. The van der Waals surface area contributed by atoms with Gasteiger partial charge in [-0.2, -0.15) is 5.26 Å². The summed E-state index contributed by atoms with van der Waals surface area (Å²) in [7, 11) is 0. The van der Waals surface area contributed by atoms with E-state index in [1.54, 1.807) is 0 Å². The Bertz CT molecular complexity index is 623. The van der Waals surface area contributed by atoms with Gasteiger partial charge in [0.1, 0.15) is 23.2 Å². The van der Waals surface area contributed by atoms with Crippen molar-refractivity contribution in [2.24, 2.45) is 5.92 Å². The van der Waals surface area contributed by atoms with Crippen molar-refractivity contribution >= 4 is 11.9 Å². The third-order valence-corrected chi connectivity index (χ3v) is 4.06. The molecule has 1 aliphatic heterocycles. The van der Waals surface area contributed by atoms with Gasteiger partial charge in [0.25, 0.3) is 0 Å². The van der Waals surface area contributed by atoms with E-state index in [1.165, 1.54) is 0 Å². The number of rotatable bonds is 3. The summed E-state index contributed by atoms with van der Waals surface area (Å²) in [6, 6.07) is 6.04. The highest BCUT2D eigenvalue weighted by Gasteiger charge is 2.22. The van der Waals surface area contributed by atoms with Gasteiger partial charge in [-0.3, -0.25) is 0 Å². The van der Waals surface area contributed by atoms with Crippen molar-refractivity contribution in [1.29, 1.82) is 5.26 Å². The van der Waals surface area contributed by atoms with Crippen molar-refractivity contribution < 1.29 is 9.53 Å². The molecule has 2 heterocycles. The van der Waals surface area contributed by atoms with Crippen LogP contribution in [0.3, 0.4) is 0 Å². The quantitative estimate of drug-likeness (QED) is 0.921. The molecule has 1 amide bonds. The Kier molecular flexibility index (Phi) is 5.66. The molecular formula is C18H26N4O2. The minimum atomic E-state index is -0.469. The summed E-state index contributed by atoms with van der Waals surface area (Å²) in [5.74, 6) is 1.30. The summed E-state index contributed by atoms with van der Waals surface area (Å²) in [6.07, 6.45) is 1.60. The third kappa shape index (κ3) is 5.12. The zero-order valence-electron chi connectivity index (χ0n) is 14.9. The molecule has 130 valence electrons. The van der Waals surface area contributed by atoms with Crippen LogP contribution in [0.15, 0.2) is 12.1 Å². The van der Waals surface area contributed by atoms with Gasteiger partial charge in [0.05, 0.1) is 0 Å². The summed E-state index contributed by atoms with van der Waals surface area (Å²) in [6.45, 7) is 9.85. The maximum atomic E-state index is 11.7. The Hall–Kier alpha value is -2.29. The molecule has 24 heavy (non-hydrogen) atoms. The number of aryl methyl sites for hydroxylation is 1. The van der Waals surface area contributed by atoms with E-state index >= 15 is 0 Å². The first kappa shape index (κ1) is 18.1. The summed E-state index contributed by atoms with van der Waals surface area (Å²) in [4.78, 5) is 18.3. The Morgan fingerprint density at radius 1 is 1.42 bits per heavy atom. The molecule has 0 saturated carbocycles. The molecule has 0 bridgehead atoms. The van der Waals surface area contributed by atoms with Gasteiger partial charge in [0.15, 0.2) is 0 Å². The zero-order valence-corrected chi connectivity index (χ0v) is 14.9. The molecule has 6 nitrogen and oxygen atoms in total. The van der Waals surface area contributed by atoms with Crippen LogP contribution in [0, 0.1) is 24.2 Å². The fraction of sp³-hybridized carbons (Fsp3) is 0.611. The maximum absolute atomic E-state index is 11.7. The van der Waals surface area contributed by atoms with Gasteiger partial charge in [0.2, 0.25) is 0 Å². The van der Waals surface area contributed by atoms with Crippen molar-refractivity contribution in [1.82, 2.24) is 10.3 Å². The molecule has 0 radical (unpaired) electrons. The van der Waals surface area contributed by atoms with E-state index in [0.717, 1.165) is 37.3 Å². The van der Waals surface area contributed by atoms with E-state index in [0.29, 0.717) is 18.2 Å². The van der Waals surface area contributed by atoms with Gasteiger partial charge in [-0.15, -0.1) is 0 Å². The zero-order chi connectivity index (χ0) is 17.7. The van der Waals surface area contributed by atoms with Crippen LogP contribution in [-0.2, 0) is 4.74 Å². The van der Waals surface area contributed by atoms with E-state index in [1.807, 2.05) is 39.8 Å². The lowest BCUT2D eigenvalue weighted by atomic mass is 9.97. The van der Waals surface area contributed by atoms with Crippen LogP contribution in [0.5, 0.6) is 0 Å². The number of piperidine rings is 1. The topological polar surface area (TPSA) is 78.2 Å². The Labute approximate surface area is 143 Å². The van der Waals surface area contributed by atoms with Crippen LogP contribution in [0.1, 0.15) is 44.9 Å². The molecule has 1 N–H and O–H groups in total. The SMILES string of the molecule is Cc1ccc(N2CCC(CNC(=O)OC(C)(C)C)CC2)nc1C#N. The van der Waals surface area contributed by atoms with Crippen LogP contribution in [0.2, 0.25) is 0 Å². The van der Waals surface area contributed by atoms with E-state index < -0.39 is 5.60 Å². The van der Waals surface area contributed by atoms with Gasteiger partial charge in [-0.05, 0) is 58.1 Å². The van der Waals surface area contributed by atoms with Crippen LogP contribution in [-0.4, -0.2) is 36.3 Å². The Morgan fingerprint density at radius 2 is 2.08 bits per heavy atom. The average Bonchev–Trinajstić information content (AvgIpc) is 2.52. The Balaban J connectivity index is 1.81. The number of pyridine rings is 1. The molecule has 1 saturated heterocycles. The molecule has 1 aromatic heterocycles. The van der Waals surface area contributed by atoms with Gasteiger partial charge in [-0.25, -0.2) is 9.78 Å². The normalized spacial score (nSPS) is 15.7. The number of nitrogens with zero attached hydrogens (tertiary/aromatic N) is 3. The van der Waals surface area contributed by atoms with E-state index in [9.17, 15) is 4.79 Å². The second kappa shape index (κ2) is 7.52. The smallest absolute Gasteiger partial charge is 0.407 e. The second-order valence-corrected chi connectivity index (χ2v) is 7.26. The van der Waals surface area contributed by atoms with E-state index in [4.69, 9.17) is 10.00 Å². The van der Waals surface area contributed by atoms with E-state index in [-0.39, 0.29) is 6.09 Å². The van der Waals surface area contributed by atoms with Crippen LogP contribution >= 0.6 is 0 Å². The number of nitrogens with one attached hydrogen (secondary N) is 1. The summed E-state index contributed by atoms with van der Waals surface area (Å²) in [5, 5.41) is 12.0. The number of anilines is 1. The van der Waals surface area contributed by atoms with Gasteiger partial charge in [0, 0.05) is 19.6 Å². The molecular weight excluding hydrogens is 304 g/mol. The van der Waals surface area contributed by atoms with Crippen molar-refractivity contribution in [2.75, 3.05) is 24.5 Å². The predicted molar refractivity (Wildman–Crippen MR) is 92.9 cm³/mol. The van der Waals surface area contributed by atoms with Crippen molar-refractivity contribution in [3.8, 4) is 6.07 Å². The lowest BCUT2D eigenvalue weighted by molar-refractivity contribution is 0.0517. The number of aromatic nitrogens is 1. The highest BCUT2D eigenvalue weighted by molar-refractivity contribution is 5.67. The number of alkyl carbamates (subject to hydrolysis) is 1.